The van der Waals surface area contributed by atoms with Crippen molar-refractivity contribution in [2.45, 2.75) is 13.3 Å². The third-order valence-electron chi connectivity index (χ3n) is 3.64. The highest BCUT2D eigenvalue weighted by molar-refractivity contribution is 7.16. The lowest BCUT2D eigenvalue weighted by atomic mass is 10.3. The van der Waals surface area contributed by atoms with E-state index < -0.39 is 0 Å². The number of aromatic nitrogens is 5. The van der Waals surface area contributed by atoms with Gasteiger partial charge in [0.25, 0.3) is 0 Å². The number of fused-ring (bicyclic) bond motifs is 2. The summed E-state index contributed by atoms with van der Waals surface area (Å²) in [6, 6.07) is 6.10. The van der Waals surface area contributed by atoms with Crippen LogP contribution < -0.4 is 5.73 Å². The van der Waals surface area contributed by atoms with Crippen molar-refractivity contribution in [3.05, 3.63) is 29.4 Å². The molecule has 4 aromatic rings. The molecule has 0 amide bonds. The molecule has 2 N–H and O–H groups in total. The minimum Gasteiger partial charge on any atom is -0.369 e. The van der Waals surface area contributed by atoms with E-state index in [-0.39, 0.29) is 0 Å². The van der Waals surface area contributed by atoms with Gasteiger partial charge >= 0.3 is 0 Å². The average molecular weight is 298 g/mol. The molecule has 0 radical (unpaired) electrons. The van der Waals surface area contributed by atoms with Crippen LogP contribution in [0.3, 0.4) is 0 Å². The number of hydrogen-bond acceptors (Lipinski definition) is 5. The summed E-state index contributed by atoms with van der Waals surface area (Å²) in [6.07, 6.45) is 0.835. The molecule has 1 aromatic carbocycles. The zero-order valence-electron chi connectivity index (χ0n) is 11.7. The molecule has 0 bridgehead atoms. The van der Waals surface area contributed by atoms with Gasteiger partial charge in [-0.3, -0.25) is 4.57 Å². The number of imidazole rings is 1. The average Bonchev–Trinajstić information content (AvgIpc) is 3.13. The number of thiazole rings is 1. The van der Waals surface area contributed by atoms with Crippen LogP contribution in [0.25, 0.3) is 27.1 Å². The van der Waals surface area contributed by atoms with Gasteiger partial charge < -0.3 is 5.73 Å². The SMILES string of the molecule is CCc1nn(C)c2c1nc(N)n2-c1ccc2ncsc2c1. The fourth-order valence-electron chi connectivity index (χ4n) is 2.67. The number of rotatable bonds is 2. The van der Waals surface area contributed by atoms with E-state index >= 15 is 0 Å². The van der Waals surface area contributed by atoms with Crippen LogP contribution in [0.1, 0.15) is 12.6 Å². The molecule has 0 aliphatic heterocycles. The van der Waals surface area contributed by atoms with Gasteiger partial charge in [0.05, 0.1) is 27.1 Å². The Kier molecular flexibility index (Phi) is 2.52. The summed E-state index contributed by atoms with van der Waals surface area (Å²) in [6.45, 7) is 2.07. The van der Waals surface area contributed by atoms with Gasteiger partial charge in [-0.25, -0.2) is 14.6 Å². The van der Waals surface area contributed by atoms with E-state index in [9.17, 15) is 0 Å². The fraction of sp³-hybridized carbons (Fsp3) is 0.214. The standard InChI is InChI=1S/C14H14N6S/c1-3-9-12-13(19(2)18-9)20(14(15)17-12)8-4-5-10-11(6-8)21-7-16-10/h4-7H,3H2,1-2H3,(H2,15,17). The van der Waals surface area contributed by atoms with Crippen molar-refractivity contribution in [2.24, 2.45) is 7.05 Å². The molecule has 7 heteroatoms. The Bertz CT molecular complexity index is 961. The van der Waals surface area contributed by atoms with Crippen molar-refractivity contribution >= 4 is 38.7 Å². The van der Waals surface area contributed by atoms with E-state index in [0.717, 1.165) is 39.2 Å². The van der Waals surface area contributed by atoms with E-state index in [2.05, 4.69) is 28.1 Å². The molecule has 0 unspecified atom stereocenters. The molecule has 0 aliphatic rings. The Morgan fingerprint density at radius 3 is 3.00 bits per heavy atom. The first-order valence-corrected chi connectivity index (χ1v) is 7.60. The fourth-order valence-corrected chi connectivity index (χ4v) is 3.38. The monoisotopic (exact) mass is 298 g/mol. The predicted octanol–water partition coefficient (Wildman–Crippen LogP) is 2.51. The van der Waals surface area contributed by atoms with Crippen molar-refractivity contribution in [3.8, 4) is 5.69 Å². The first kappa shape index (κ1) is 12.3. The maximum atomic E-state index is 6.14. The van der Waals surface area contributed by atoms with Crippen LogP contribution >= 0.6 is 11.3 Å². The number of nitrogens with zero attached hydrogens (tertiary/aromatic N) is 5. The Balaban J connectivity index is 2.04. The second kappa shape index (κ2) is 4.29. The summed E-state index contributed by atoms with van der Waals surface area (Å²) in [7, 11) is 1.92. The molecule has 3 heterocycles. The van der Waals surface area contributed by atoms with Gasteiger partial charge in [0.2, 0.25) is 5.95 Å². The normalized spacial score (nSPS) is 11.7. The third kappa shape index (κ3) is 1.67. The lowest BCUT2D eigenvalue weighted by Crippen LogP contribution is -2.04. The zero-order chi connectivity index (χ0) is 14.6. The number of benzene rings is 1. The van der Waals surface area contributed by atoms with Crippen LogP contribution in [-0.4, -0.2) is 24.3 Å². The number of nitrogens with two attached hydrogens (primary N) is 1. The summed E-state index contributed by atoms with van der Waals surface area (Å²) < 4.78 is 4.92. The molecule has 4 rings (SSSR count). The highest BCUT2D eigenvalue weighted by Crippen LogP contribution is 2.28. The molecule has 0 atom stereocenters. The first-order valence-electron chi connectivity index (χ1n) is 6.72. The molecule has 21 heavy (non-hydrogen) atoms. The molecular formula is C14H14N6S. The Morgan fingerprint density at radius 1 is 1.33 bits per heavy atom. The Hall–Kier alpha value is -2.41. The third-order valence-corrected chi connectivity index (χ3v) is 4.43. The number of nitrogen functional groups attached to an aromatic ring is 1. The quantitative estimate of drug-likeness (QED) is 0.617. The second-order valence-electron chi connectivity index (χ2n) is 4.91. The maximum absolute atomic E-state index is 6.14. The summed E-state index contributed by atoms with van der Waals surface area (Å²) in [5.41, 5.74) is 12.7. The summed E-state index contributed by atoms with van der Waals surface area (Å²) in [5.74, 6) is 0.483. The molecule has 0 saturated heterocycles. The van der Waals surface area contributed by atoms with Crippen LogP contribution in [0, 0.1) is 0 Å². The minimum atomic E-state index is 0.483. The second-order valence-corrected chi connectivity index (χ2v) is 5.79. The molecule has 6 nitrogen and oxygen atoms in total. The maximum Gasteiger partial charge on any atom is 0.207 e. The summed E-state index contributed by atoms with van der Waals surface area (Å²) in [4.78, 5) is 8.80. The van der Waals surface area contributed by atoms with Crippen molar-refractivity contribution in [3.63, 3.8) is 0 Å². The number of anilines is 1. The smallest absolute Gasteiger partial charge is 0.207 e. The van der Waals surface area contributed by atoms with Crippen LogP contribution in [0.4, 0.5) is 5.95 Å². The van der Waals surface area contributed by atoms with Gasteiger partial charge in [-0.2, -0.15) is 5.10 Å². The minimum absolute atomic E-state index is 0.483. The van der Waals surface area contributed by atoms with E-state index in [1.165, 1.54) is 0 Å². The van der Waals surface area contributed by atoms with E-state index in [0.29, 0.717) is 5.95 Å². The van der Waals surface area contributed by atoms with Crippen molar-refractivity contribution in [2.75, 3.05) is 5.73 Å². The van der Waals surface area contributed by atoms with Gasteiger partial charge in [0, 0.05) is 7.05 Å². The van der Waals surface area contributed by atoms with Crippen LogP contribution in [-0.2, 0) is 13.5 Å². The highest BCUT2D eigenvalue weighted by atomic mass is 32.1. The van der Waals surface area contributed by atoms with Gasteiger partial charge in [0.15, 0.2) is 5.65 Å². The van der Waals surface area contributed by atoms with Crippen molar-refractivity contribution in [1.82, 2.24) is 24.3 Å². The largest absolute Gasteiger partial charge is 0.369 e. The topological polar surface area (TPSA) is 74.6 Å². The molecular weight excluding hydrogens is 284 g/mol. The van der Waals surface area contributed by atoms with Crippen LogP contribution in [0.5, 0.6) is 0 Å². The Labute approximate surface area is 124 Å². The number of aryl methyl sites for hydroxylation is 2. The molecule has 0 saturated carbocycles. The lowest BCUT2D eigenvalue weighted by Gasteiger charge is -2.06. The van der Waals surface area contributed by atoms with Crippen LogP contribution in [0.15, 0.2) is 23.7 Å². The molecule has 3 aromatic heterocycles. The van der Waals surface area contributed by atoms with Gasteiger partial charge in [-0.1, -0.05) is 6.92 Å². The molecule has 106 valence electrons. The number of hydrogen-bond donors (Lipinski definition) is 1. The first-order chi connectivity index (χ1) is 10.2. The highest BCUT2D eigenvalue weighted by Gasteiger charge is 2.18. The molecule has 0 aliphatic carbocycles. The van der Waals surface area contributed by atoms with Crippen molar-refractivity contribution in [1.29, 1.82) is 0 Å². The van der Waals surface area contributed by atoms with Crippen LogP contribution in [0.2, 0.25) is 0 Å². The van der Waals surface area contributed by atoms with Gasteiger partial charge in [-0.15, -0.1) is 11.3 Å². The van der Waals surface area contributed by atoms with Gasteiger partial charge in [-0.05, 0) is 24.6 Å². The zero-order valence-corrected chi connectivity index (χ0v) is 12.6. The van der Waals surface area contributed by atoms with Crippen molar-refractivity contribution < 1.29 is 0 Å². The predicted molar refractivity (Wildman–Crippen MR) is 84.8 cm³/mol. The van der Waals surface area contributed by atoms with E-state index in [4.69, 9.17) is 5.73 Å². The molecule has 0 spiro atoms. The molecule has 0 fully saturated rings. The lowest BCUT2D eigenvalue weighted by molar-refractivity contribution is 0.751. The Morgan fingerprint density at radius 2 is 2.19 bits per heavy atom. The van der Waals surface area contributed by atoms with E-state index in [1.807, 2.05) is 33.9 Å². The summed E-state index contributed by atoms with van der Waals surface area (Å²) >= 11 is 1.62. The summed E-state index contributed by atoms with van der Waals surface area (Å²) in [5, 5.41) is 4.52. The van der Waals surface area contributed by atoms with Gasteiger partial charge in [0.1, 0.15) is 5.52 Å². The van der Waals surface area contributed by atoms with E-state index in [1.54, 1.807) is 11.3 Å².